The average molecular weight is 306 g/mol. The minimum atomic E-state index is -0.244. The molecule has 0 saturated heterocycles. The molecule has 2 aromatic carbocycles. The van der Waals surface area contributed by atoms with E-state index in [-0.39, 0.29) is 11.9 Å². The van der Waals surface area contributed by atoms with Crippen LogP contribution in [-0.2, 0) is 12.8 Å². The second-order valence-electron chi connectivity index (χ2n) is 5.67. The summed E-state index contributed by atoms with van der Waals surface area (Å²) in [5.41, 5.74) is 10.4. The van der Waals surface area contributed by atoms with Gasteiger partial charge >= 0.3 is 0 Å². The zero-order chi connectivity index (χ0) is 16.1. The Balaban J connectivity index is 1.79. The molecule has 0 radical (unpaired) electrons. The van der Waals surface area contributed by atoms with Crippen molar-refractivity contribution >= 4 is 0 Å². The molecule has 3 aromatic rings. The van der Waals surface area contributed by atoms with Crippen LogP contribution in [-0.4, -0.2) is 11.0 Å². The number of benzene rings is 2. The molecule has 0 bridgehead atoms. The molecule has 23 heavy (non-hydrogen) atoms. The molecule has 1 aromatic heterocycles. The number of nitrogens with zero attached hydrogens (tertiary/aromatic N) is 1. The fourth-order valence-corrected chi connectivity index (χ4v) is 2.74. The Labute approximate surface area is 135 Å². The molecule has 1 heterocycles. The first-order valence-electron chi connectivity index (χ1n) is 7.72. The predicted molar refractivity (Wildman–Crippen MR) is 91.5 cm³/mol. The van der Waals surface area contributed by atoms with Crippen LogP contribution in [0.25, 0.3) is 11.3 Å². The van der Waals surface area contributed by atoms with Crippen molar-refractivity contribution in [2.45, 2.75) is 18.9 Å². The summed E-state index contributed by atoms with van der Waals surface area (Å²) >= 11 is 0. The molecule has 1 atom stereocenters. The van der Waals surface area contributed by atoms with Crippen LogP contribution in [0.1, 0.15) is 11.1 Å². The van der Waals surface area contributed by atoms with Crippen LogP contribution in [0.15, 0.2) is 72.9 Å². The maximum Gasteiger partial charge on any atom is 0.123 e. The van der Waals surface area contributed by atoms with Gasteiger partial charge < -0.3 is 5.73 Å². The minimum absolute atomic E-state index is 0.0146. The zero-order valence-electron chi connectivity index (χ0n) is 12.8. The molecule has 2 nitrogen and oxygen atoms in total. The van der Waals surface area contributed by atoms with E-state index in [9.17, 15) is 4.39 Å². The van der Waals surface area contributed by atoms with Gasteiger partial charge in [0.15, 0.2) is 0 Å². The van der Waals surface area contributed by atoms with E-state index in [1.165, 1.54) is 17.7 Å². The second-order valence-corrected chi connectivity index (χ2v) is 5.67. The quantitative estimate of drug-likeness (QED) is 0.774. The normalized spacial score (nSPS) is 12.1. The van der Waals surface area contributed by atoms with E-state index in [1.54, 1.807) is 18.3 Å². The van der Waals surface area contributed by atoms with Crippen molar-refractivity contribution in [2.24, 2.45) is 5.73 Å². The Morgan fingerprint density at radius 3 is 2.35 bits per heavy atom. The lowest BCUT2D eigenvalue weighted by Gasteiger charge is -2.14. The highest BCUT2D eigenvalue weighted by Gasteiger charge is 2.11. The molecule has 0 aliphatic heterocycles. The summed E-state index contributed by atoms with van der Waals surface area (Å²) < 4.78 is 13.1. The maximum atomic E-state index is 13.1. The molecular weight excluding hydrogens is 287 g/mol. The topological polar surface area (TPSA) is 38.9 Å². The van der Waals surface area contributed by atoms with E-state index >= 15 is 0 Å². The largest absolute Gasteiger partial charge is 0.327 e. The highest BCUT2D eigenvalue weighted by atomic mass is 19.1. The van der Waals surface area contributed by atoms with Crippen molar-refractivity contribution in [3.05, 3.63) is 89.9 Å². The van der Waals surface area contributed by atoms with Gasteiger partial charge in [-0.1, -0.05) is 36.4 Å². The molecule has 0 aliphatic rings. The number of hydrogen-bond acceptors (Lipinski definition) is 2. The minimum Gasteiger partial charge on any atom is -0.327 e. The highest BCUT2D eigenvalue weighted by molar-refractivity contribution is 5.62. The van der Waals surface area contributed by atoms with Crippen LogP contribution in [0.4, 0.5) is 4.39 Å². The van der Waals surface area contributed by atoms with E-state index < -0.39 is 0 Å². The van der Waals surface area contributed by atoms with Gasteiger partial charge in [-0.3, -0.25) is 4.98 Å². The van der Waals surface area contributed by atoms with Crippen molar-refractivity contribution in [3.63, 3.8) is 0 Å². The Kier molecular flexibility index (Phi) is 4.79. The van der Waals surface area contributed by atoms with Crippen LogP contribution < -0.4 is 5.73 Å². The summed E-state index contributed by atoms with van der Waals surface area (Å²) in [6.45, 7) is 0. The van der Waals surface area contributed by atoms with Crippen LogP contribution in [0.5, 0.6) is 0 Å². The molecular formula is C20H19FN2. The number of rotatable bonds is 5. The van der Waals surface area contributed by atoms with Gasteiger partial charge in [0.05, 0.1) is 5.69 Å². The van der Waals surface area contributed by atoms with Crippen molar-refractivity contribution in [1.82, 2.24) is 4.98 Å². The Bertz CT molecular complexity index is 754. The standard InChI is InChI=1S/C20H19FN2/c21-18-10-8-16(9-11-18)20-17(7-4-12-23-20)14-19(22)13-15-5-2-1-3-6-15/h1-12,19H,13-14,22H2. The monoisotopic (exact) mass is 306 g/mol. The fourth-order valence-electron chi connectivity index (χ4n) is 2.74. The number of aromatic nitrogens is 1. The predicted octanol–water partition coefficient (Wildman–Crippen LogP) is 4.00. The third-order valence-electron chi connectivity index (χ3n) is 3.83. The van der Waals surface area contributed by atoms with Gasteiger partial charge in [0, 0.05) is 17.8 Å². The molecule has 0 aliphatic carbocycles. The lowest BCUT2D eigenvalue weighted by molar-refractivity contribution is 0.628. The summed E-state index contributed by atoms with van der Waals surface area (Å²) in [6.07, 6.45) is 3.30. The Morgan fingerprint density at radius 1 is 0.870 bits per heavy atom. The average Bonchev–Trinajstić information content (AvgIpc) is 2.57. The fraction of sp³-hybridized carbons (Fsp3) is 0.150. The molecule has 0 fully saturated rings. The summed E-state index contributed by atoms with van der Waals surface area (Å²) in [5.74, 6) is -0.244. The molecule has 3 rings (SSSR count). The van der Waals surface area contributed by atoms with Crippen molar-refractivity contribution in [1.29, 1.82) is 0 Å². The lowest BCUT2D eigenvalue weighted by atomic mass is 9.96. The van der Waals surface area contributed by atoms with Crippen molar-refractivity contribution in [3.8, 4) is 11.3 Å². The van der Waals surface area contributed by atoms with Crippen LogP contribution in [0, 0.1) is 5.82 Å². The summed E-state index contributed by atoms with van der Waals surface area (Å²) in [4.78, 5) is 4.46. The van der Waals surface area contributed by atoms with E-state index in [0.29, 0.717) is 0 Å². The first-order valence-corrected chi connectivity index (χ1v) is 7.72. The van der Waals surface area contributed by atoms with Crippen LogP contribution >= 0.6 is 0 Å². The molecule has 0 amide bonds. The maximum absolute atomic E-state index is 13.1. The van der Waals surface area contributed by atoms with Crippen LogP contribution in [0.2, 0.25) is 0 Å². The van der Waals surface area contributed by atoms with Gasteiger partial charge in [-0.15, -0.1) is 0 Å². The van der Waals surface area contributed by atoms with E-state index in [0.717, 1.165) is 29.7 Å². The van der Waals surface area contributed by atoms with Gasteiger partial charge in [-0.2, -0.15) is 0 Å². The lowest BCUT2D eigenvalue weighted by Crippen LogP contribution is -2.25. The number of nitrogens with two attached hydrogens (primary N) is 1. The molecule has 0 saturated carbocycles. The summed E-state index contributed by atoms with van der Waals surface area (Å²) in [7, 11) is 0. The third kappa shape index (κ3) is 4.02. The molecule has 2 N–H and O–H groups in total. The van der Waals surface area contributed by atoms with Gasteiger partial charge in [0.1, 0.15) is 5.82 Å². The summed E-state index contributed by atoms with van der Waals surface area (Å²) in [5, 5.41) is 0. The smallest absolute Gasteiger partial charge is 0.123 e. The highest BCUT2D eigenvalue weighted by Crippen LogP contribution is 2.22. The SMILES string of the molecule is NC(Cc1ccccc1)Cc1cccnc1-c1ccc(F)cc1. The van der Waals surface area contributed by atoms with E-state index in [1.807, 2.05) is 30.3 Å². The summed E-state index contributed by atoms with van der Waals surface area (Å²) in [6, 6.07) is 20.6. The first-order chi connectivity index (χ1) is 11.2. The second kappa shape index (κ2) is 7.16. The Morgan fingerprint density at radius 2 is 1.61 bits per heavy atom. The van der Waals surface area contributed by atoms with Gasteiger partial charge in [-0.05, 0) is 54.3 Å². The molecule has 0 spiro atoms. The molecule has 3 heteroatoms. The van der Waals surface area contributed by atoms with Gasteiger partial charge in [0.2, 0.25) is 0 Å². The molecule has 1 unspecified atom stereocenters. The first kappa shape index (κ1) is 15.4. The van der Waals surface area contributed by atoms with Crippen LogP contribution in [0.3, 0.4) is 0 Å². The van der Waals surface area contributed by atoms with E-state index in [2.05, 4.69) is 17.1 Å². The molecule has 116 valence electrons. The van der Waals surface area contributed by atoms with Gasteiger partial charge in [-0.25, -0.2) is 4.39 Å². The van der Waals surface area contributed by atoms with Crippen molar-refractivity contribution < 1.29 is 4.39 Å². The number of halogens is 1. The third-order valence-corrected chi connectivity index (χ3v) is 3.83. The Hall–Kier alpha value is -2.52. The number of pyridine rings is 1. The van der Waals surface area contributed by atoms with Gasteiger partial charge in [0.25, 0.3) is 0 Å². The van der Waals surface area contributed by atoms with E-state index in [4.69, 9.17) is 5.73 Å². The van der Waals surface area contributed by atoms with Crippen molar-refractivity contribution in [2.75, 3.05) is 0 Å². The number of hydrogen-bond donors (Lipinski definition) is 1. The zero-order valence-corrected chi connectivity index (χ0v) is 12.8.